The van der Waals surface area contributed by atoms with E-state index in [-0.39, 0.29) is 11.7 Å². The molecule has 3 aromatic rings. The van der Waals surface area contributed by atoms with Crippen molar-refractivity contribution >= 4 is 32.5 Å². The second kappa shape index (κ2) is 6.07. The Labute approximate surface area is 163 Å². The lowest BCUT2D eigenvalue weighted by atomic mass is 9.86. The van der Waals surface area contributed by atoms with E-state index in [1.165, 1.54) is 13.4 Å². The van der Waals surface area contributed by atoms with Crippen molar-refractivity contribution in [1.29, 1.82) is 0 Å². The van der Waals surface area contributed by atoms with Crippen molar-refractivity contribution in [3.05, 3.63) is 41.5 Å². The summed E-state index contributed by atoms with van der Waals surface area (Å²) in [6, 6.07) is 9.09. The molecule has 1 aliphatic rings. The molecule has 0 spiro atoms. The van der Waals surface area contributed by atoms with Crippen LogP contribution in [0.2, 0.25) is 0 Å². The number of carbonyl (C=O) groups is 1. The number of sulfone groups is 1. The summed E-state index contributed by atoms with van der Waals surface area (Å²) in [5.74, 6) is 1.08. The van der Waals surface area contributed by atoms with E-state index >= 15 is 0 Å². The third-order valence-electron chi connectivity index (χ3n) is 5.06. The van der Waals surface area contributed by atoms with Crippen molar-refractivity contribution in [1.82, 2.24) is 9.97 Å². The molecule has 1 aromatic heterocycles. The number of hydrogen-bond donors (Lipinski definition) is 2. The molecule has 8 heteroatoms. The van der Waals surface area contributed by atoms with E-state index in [0.29, 0.717) is 17.1 Å². The van der Waals surface area contributed by atoms with Gasteiger partial charge in [0.15, 0.2) is 9.84 Å². The molecule has 0 bridgehead atoms. The van der Waals surface area contributed by atoms with Crippen LogP contribution in [-0.4, -0.2) is 37.7 Å². The smallest absolute Gasteiger partial charge is 0.234 e. The van der Waals surface area contributed by atoms with Crippen LogP contribution in [0.25, 0.3) is 22.4 Å². The topological polar surface area (TPSA) is 101 Å². The monoisotopic (exact) mass is 399 g/mol. The predicted molar refractivity (Wildman–Crippen MR) is 108 cm³/mol. The van der Waals surface area contributed by atoms with E-state index in [9.17, 15) is 13.2 Å². The van der Waals surface area contributed by atoms with Crippen LogP contribution in [0.3, 0.4) is 0 Å². The molecule has 7 nitrogen and oxygen atoms in total. The minimum atomic E-state index is -3.14. The van der Waals surface area contributed by atoms with Crippen LogP contribution in [0.15, 0.2) is 30.3 Å². The number of fused-ring (bicyclic) bond motifs is 2. The van der Waals surface area contributed by atoms with E-state index in [1.54, 1.807) is 18.2 Å². The van der Waals surface area contributed by atoms with E-state index < -0.39 is 15.3 Å². The van der Waals surface area contributed by atoms with Gasteiger partial charge in [0.1, 0.15) is 11.6 Å². The Kier molecular flexibility index (Phi) is 4.01. The maximum atomic E-state index is 12.2. The van der Waals surface area contributed by atoms with Gasteiger partial charge < -0.3 is 15.0 Å². The van der Waals surface area contributed by atoms with Gasteiger partial charge in [0.25, 0.3) is 0 Å². The minimum Gasteiger partial charge on any atom is -0.496 e. The standard InChI is InChI=1S/C20H21N3O4S/c1-20(2)13-8-15-16(9-14(13)23-19(20)24)22-18(21-15)12-6-5-11(7-17(12)27-3)10-28(4,25)26/h5-9H,10H2,1-4H3,(H,21,22)(H,23,24). The van der Waals surface area contributed by atoms with E-state index in [0.717, 1.165) is 27.8 Å². The molecule has 2 heterocycles. The van der Waals surface area contributed by atoms with Crippen LogP contribution < -0.4 is 10.1 Å². The molecule has 0 aliphatic carbocycles. The molecule has 1 aliphatic heterocycles. The number of benzene rings is 2. The Hall–Kier alpha value is -2.87. The van der Waals surface area contributed by atoms with Gasteiger partial charge in [-0.25, -0.2) is 13.4 Å². The van der Waals surface area contributed by atoms with Crippen LogP contribution in [0.4, 0.5) is 5.69 Å². The number of aromatic nitrogens is 2. The number of imidazole rings is 1. The fraction of sp³-hybridized carbons (Fsp3) is 0.300. The summed E-state index contributed by atoms with van der Waals surface area (Å²) in [5, 5.41) is 2.91. The number of carbonyl (C=O) groups excluding carboxylic acids is 1. The first-order valence-corrected chi connectivity index (χ1v) is 10.9. The highest BCUT2D eigenvalue weighted by Gasteiger charge is 2.38. The number of aromatic amines is 1. The van der Waals surface area contributed by atoms with Gasteiger partial charge in [-0.1, -0.05) is 6.07 Å². The number of methoxy groups -OCH3 is 1. The highest BCUT2D eigenvalue weighted by molar-refractivity contribution is 7.89. The van der Waals surface area contributed by atoms with Crippen molar-refractivity contribution in [3.8, 4) is 17.1 Å². The van der Waals surface area contributed by atoms with Crippen LogP contribution in [-0.2, 0) is 25.8 Å². The van der Waals surface area contributed by atoms with Crippen LogP contribution in [0.5, 0.6) is 5.75 Å². The Morgan fingerprint density at radius 1 is 1.18 bits per heavy atom. The molecule has 146 valence electrons. The molecule has 0 radical (unpaired) electrons. The number of ether oxygens (including phenoxy) is 1. The number of nitrogens with zero attached hydrogens (tertiary/aromatic N) is 1. The predicted octanol–water partition coefficient (Wildman–Crippen LogP) is 3.01. The zero-order chi connectivity index (χ0) is 20.3. The molecule has 0 saturated heterocycles. The highest BCUT2D eigenvalue weighted by atomic mass is 32.2. The summed E-state index contributed by atoms with van der Waals surface area (Å²) in [6.07, 6.45) is 1.20. The number of anilines is 1. The number of hydrogen-bond acceptors (Lipinski definition) is 5. The van der Waals surface area contributed by atoms with E-state index in [1.807, 2.05) is 26.0 Å². The van der Waals surface area contributed by atoms with Gasteiger partial charge in [-0.3, -0.25) is 4.79 Å². The van der Waals surface area contributed by atoms with Crippen molar-refractivity contribution in [2.45, 2.75) is 25.0 Å². The van der Waals surface area contributed by atoms with Crippen LogP contribution in [0.1, 0.15) is 25.0 Å². The lowest BCUT2D eigenvalue weighted by Gasteiger charge is -2.14. The molecule has 0 atom stereocenters. The van der Waals surface area contributed by atoms with Crippen LogP contribution in [0, 0.1) is 0 Å². The Morgan fingerprint density at radius 2 is 1.93 bits per heavy atom. The Bertz CT molecular complexity index is 1230. The van der Waals surface area contributed by atoms with Gasteiger partial charge >= 0.3 is 0 Å². The fourth-order valence-electron chi connectivity index (χ4n) is 3.53. The summed E-state index contributed by atoms with van der Waals surface area (Å²) in [6.45, 7) is 3.78. The summed E-state index contributed by atoms with van der Waals surface area (Å²) < 4.78 is 28.6. The molecular weight excluding hydrogens is 378 g/mol. The fourth-order valence-corrected chi connectivity index (χ4v) is 4.31. The Balaban J connectivity index is 1.79. The normalized spacial score (nSPS) is 15.5. The summed E-state index contributed by atoms with van der Waals surface area (Å²) in [4.78, 5) is 20.1. The van der Waals surface area contributed by atoms with Crippen molar-refractivity contribution < 1.29 is 17.9 Å². The molecule has 1 amide bonds. The molecule has 2 N–H and O–H groups in total. The van der Waals surface area contributed by atoms with Gasteiger partial charge in [-0.15, -0.1) is 0 Å². The molecule has 0 unspecified atom stereocenters. The maximum absolute atomic E-state index is 12.2. The van der Waals surface area contributed by atoms with E-state index in [2.05, 4.69) is 15.3 Å². The minimum absolute atomic E-state index is 0.0292. The quantitative estimate of drug-likeness (QED) is 0.702. The van der Waals surface area contributed by atoms with Crippen molar-refractivity contribution in [3.63, 3.8) is 0 Å². The van der Waals surface area contributed by atoms with Gasteiger partial charge in [0.05, 0.1) is 34.9 Å². The largest absolute Gasteiger partial charge is 0.496 e. The van der Waals surface area contributed by atoms with Crippen LogP contribution >= 0.6 is 0 Å². The Morgan fingerprint density at radius 3 is 2.61 bits per heavy atom. The summed E-state index contributed by atoms with van der Waals surface area (Å²) in [5.41, 5.74) is 4.04. The number of amides is 1. The maximum Gasteiger partial charge on any atom is 0.234 e. The van der Waals surface area contributed by atoms with Gasteiger partial charge in [0.2, 0.25) is 5.91 Å². The van der Waals surface area contributed by atoms with Crippen molar-refractivity contribution in [2.75, 3.05) is 18.7 Å². The molecule has 2 aromatic carbocycles. The summed E-state index contributed by atoms with van der Waals surface area (Å²) >= 11 is 0. The van der Waals surface area contributed by atoms with Crippen molar-refractivity contribution in [2.24, 2.45) is 0 Å². The second-order valence-electron chi connectivity index (χ2n) is 7.68. The average molecular weight is 399 g/mol. The lowest BCUT2D eigenvalue weighted by Crippen LogP contribution is -2.26. The molecule has 4 rings (SSSR count). The highest BCUT2D eigenvalue weighted by Crippen LogP contribution is 2.40. The number of rotatable bonds is 4. The average Bonchev–Trinajstić information content (AvgIpc) is 3.10. The zero-order valence-electron chi connectivity index (χ0n) is 16.1. The van der Waals surface area contributed by atoms with Gasteiger partial charge in [-0.05, 0) is 49.2 Å². The lowest BCUT2D eigenvalue weighted by molar-refractivity contribution is -0.119. The molecule has 28 heavy (non-hydrogen) atoms. The SMILES string of the molecule is COc1cc(CS(C)(=O)=O)ccc1-c1nc2cc3c(cc2[nH]1)C(C)(C)C(=O)N3. The third-order valence-corrected chi connectivity index (χ3v) is 5.92. The molecule has 0 fully saturated rings. The number of H-pyrrole nitrogens is 1. The second-order valence-corrected chi connectivity index (χ2v) is 9.82. The van der Waals surface area contributed by atoms with E-state index in [4.69, 9.17) is 4.74 Å². The third kappa shape index (κ3) is 3.03. The van der Waals surface area contributed by atoms with Gasteiger partial charge in [0, 0.05) is 11.9 Å². The van der Waals surface area contributed by atoms with Gasteiger partial charge in [-0.2, -0.15) is 0 Å². The summed E-state index contributed by atoms with van der Waals surface area (Å²) in [7, 11) is -1.60. The zero-order valence-corrected chi connectivity index (χ0v) is 16.9. The number of nitrogens with one attached hydrogen (secondary N) is 2. The first-order chi connectivity index (χ1) is 13.1. The first kappa shape index (κ1) is 18.5. The molecule has 0 saturated carbocycles. The molecular formula is C20H21N3O4S. The first-order valence-electron chi connectivity index (χ1n) is 8.79.